The van der Waals surface area contributed by atoms with Gasteiger partial charge in [0.15, 0.2) is 0 Å². The number of nitrogens with one attached hydrogen (secondary N) is 2. The second kappa shape index (κ2) is 8.06. The van der Waals surface area contributed by atoms with Crippen LogP contribution in [0.25, 0.3) is 0 Å². The van der Waals surface area contributed by atoms with Crippen molar-refractivity contribution in [3.05, 3.63) is 59.5 Å². The summed E-state index contributed by atoms with van der Waals surface area (Å²) in [7, 11) is 3.71. The first-order valence-electron chi connectivity index (χ1n) is 7.65. The first-order chi connectivity index (χ1) is 11.8. The molecule has 2 aromatic rings. The largest absolute Gasteiger partial charge is 0.468 e. The number of halogens is 3. The zero-order valence-electron chi connectivity index (χ0n) is 13.9. The van der Waals surface area contributed by atoms with Gasteiger partial charge in [-0.05, 0) is 43.9 Å². The number of carbonyl (C=O) groups excluding carboxylic acids is 1. The maximum absolute atomic E-state index is 12.7. The van der Waals surface area contributed by atoms with Gasteiger partial charge in [-0.1, -0.05) is 12.1 Å². The van der Waals surface area contributed by atoms with Crippen LogP contribution in [0.3, 0.4) is 0 Å². The van der Waals surface area contributed by atoms with Gasteiger partial charge in [0.1, 0.15) is 5.76 Å². The molecule has 0 saturated carbocycles. The Morgan fingerprint density at radius 3 is 2.56 bits per heavy atom. The molecular formula is C17H20F3N3O2. The molecule has 1 atom stereocenters. The molecule has 5 nitrogen and oxygen atoms in total. The Bertz CT molecular complexity index is 685. The number of likely N-dealkylation sites (N-methyl/N-ethyl adjacent to an activating group) is 1. The van der Waals surface area contributed by atoms with E-state index in [1.807, 2.05) is 25.1 Å². The zero-order valence-corrected chi connectivity index (χ0v) is 13.9. The molecule has 0 saturated heterocycles. The average Bonchev–Trinajstić information content (AvgIpc) is 3.06. The van der Waals surface area contributed by atoms with Gasteiger partial charge in [-0.2, -0.15) is 13.2 Å². The summed E-state index contributed by atoms with van der Waals surface area (Å²) in [6, 6.07) is 7.83. The van der Waals surface area contributed by atoms with Crippen molar-refractivity contribution < 1.29 is 22.4 Å². The highest BCUT2D eigenvalue weighted by Crippen LogP contribution is 2.29. The molecule has 0 aliphatic heterocycles. The predicted molar refractivity (Wildman–Crippen MR) is 86.8 cm³/mol. The van der Waals surface area contributed by atoms with Crippen LogP contribution in [-0.4, -0.2) is 31.6 Å². The van der Waals surface area contributed by atoms with E-state index < -0.39 is 17.8 Å². The highest BCUT2D eigenvalue weighted by atomic mass is 19.4. The lowest BCUT2D eigenvalue weighted by atomic mass is 10.1. The number of urea groups is 1. The van der Waals surface area contributed by atoms with Crippen molar-refractivity contribution in [1.82, 2.24) is 15.5 Å². The number of furan rings is 1. The Morgan fingerprint density at radius 1 is 1.20 bits per heavy atom. The molecule has 2 amide bonds. The van der Waals surface area contributed by atoms with Crippen LogP contribution in [0, 0.1) is 0 Å². The second-order valence-corrected chi connectivity index (χ2v) is 5.76. The third-order valence-electron chi connectivity index (χ3n) is 3.66. The summed E-state index contributed by atoms with van der Waals surface area (Å²) in [4.78, 5) is 13.8. The van der Waals surface area contributed by atoms with Gasteiger partial charge >= 0.3 is 12.2 Å². The van der Waals surface area contributed by atoms with Gasteiger partial charge in [0.25, 0.3) is 0 Å². The van der Waals surface area contributed by atoms with Gasteiger partial charge in [-0.3, -0.25) is 4.90 Å². The molecule has 8 heteroatoms. The van der Waals surface area contributed by atoms with Crippen LogP contribution in [-0.2, 0) is 12.7 Å². The van der Waals surface area contributed by atoms with E-state index in [4.69, 9.17) is 4.42 Å². The normalized spacial score (nSPS) is 12.9. The first-order valence-corrected chi connectivity index (χ1v) is 7.65. The number of alkyl halides is 3. The maximum atomic E-state index is 12.7. The number of hydrogen-bond donors (Lipinski definition) is 2. The first kappa shape index (κ1) is 18.9. The fourth-order valence-corrected chi connectivity index (χ4v) is 2.31. The molecule has 136 valence electrons. The Morgan fingerprint density at radius 2 is 1.96 bits per heavy atom. The maximum Gasteiger partial charge on any atom is 0.416 e. The third kappa shape index (κ3) is 5.53. The highest BCUT2D eigenvalue weighted by Gasteiger charge is 2.30. The number of hydrogen-bond acceptors (Lipinski definition) is 3. The number of nitrogens with zero attached hydrogens (tertiary/aromatic N) is 1. The fourth-order valence-electron chi connectivity index (χ4n) is 2.31. The summed E-state index contributed by atoms with van der Waals surface area (Å²) < 4.78 is 43.4. The fraction of sp³-hybridized carbons (Fsp3) is 0.353. The van der Waals surface area contributed by atoms with E-state index in [0.29, 0.717) is 17.9 Å². The average molecular weight is 355 g/mol. The molecule has 0 aliphatic carbocycles. The van der Waals surface area contributed by atoms with Gasteiger partial charge in [0.05, 0.1) is 17.9 Å². The van der Waals surface area contributed by atoms with E-state index in [2.05, 4.69) is 10.6 Å². The van der Waals surface area contributed by atoms with E-state index in [1.165, 1.54) is 12.1 Å². The summed E-state index contributed by atoms with van der Waals surface area (Å²) in [6.45, 7) is 0.304. The van der Waals surface area contributed by atoms with Crippen LogP contribution in [0.15, 0.2) is 47.1 Å². The number of amides is 2. The van der Waals surface area contributed by atoms with Gasteiger partial charge in [0.2, 0.25) is 0 Å². The van der Waals surface area contributed by atoms with Crippen LogP contribution in [0.1, 0.15) is 22.9 Å². The van der Waals surface area contributed by atoms with Crippen LogP contribution in [0.5, 0.6) is 0 Å². The molecule has 2 rings (SSSR count). The van der Waals surface area contributed by atoms with Crippen LogP contribution in [0.2, 0.25) is 0 Å². The molecular weight excluding hydrogens is 335 g/mol. The molecule has 0 radical (unpaired) electrons. The zero-order chi connectivity index (χ0) is 18.4. The Hall–Kier alpha value is -2.48. The molecule has 0 spiro atoms. The molecule has 25 heavy (non-hydrogen) atoms. The molecule has 2 N–H and O–H groups in total. The minimum atomic E-state index is -4.40. The van der Waals surface area contributed by atoms with Gasteiger partial charge in [-0.25, -0.2) is 4.79 Å². The topological polar surface area (TPSA) is 57.5 Å². The Labute approximate surface area is 143 Å². The molecule has 1 aromatic heterocycles. The minimum absolute atomic E-state index is 0.00311. The van der Waals surface area contributed by atoms with Crippen molar-refractivity contribution in [1.29, 1.82) is 0 Å². The smallest absolute Gasteiger partial charge is 0.416 e. The van der Waals surface area contributed by atoms with E-state index >= 15 is 0 Å². The molecule has 1 heterocycles. The van der Waals surface area contributed by atoms with E-state index in [1.54, 1.807) is 12.3 Å². The van der Waals surface area contributed by atoms with Crippen molar-refractivity contribution in [3.8, 4) is 0 Å². The summed E-state index contributed by atoms with van der Waals surface area (Å²) in [5, 5.41) is 5.24. The molecule has 1 unspecified atom stereocenters. The van der Waals surface area contributed by atoms with Crippen molar-refractivity contribution in [3.63, 3.8) is 0 Å². The van der Waals surface area contributed by atoms with Crippen molar-refractivity contribution in [2.75, 3.05) is 20.6 Å². The summed E-state index contributed by atoms with van der Waals surface area (Å²) in [5.41, 5.74) is -0.363. The monoisotopic (exact) mass is 355 g/mol. The second-order valence-electron chi connectivity index (χ2n) is 5.76. The number of benzene rings is 1. The van der Waals surface area contributed by atoms with E-state index in [0.717, 1.165) is 12.1 Å². The molecule has 0 bridgehead atoms. The van der Waals surface area contributed by atoms with Gasteiger partial charge in [-0.15, -0.1) is 0 Å². The Balaban J connectivity index is 1.86. The molecule has 0 fully saturated rings. The van der Waals surface area contributed by atoms with E-state index in [9.17, 15) is 18.0 Å². The van der Waals surface area contributed by atoms with Crippen LogP contribution in [0.4, 0.5) is 18.0 Å². The van der Waals surface area contributed by atoms with Gasteiger partial charge in [0, 0.05) is 13.1 Å². The van der Waals surface area contributed by atoms with Crippen LogP contribution >= 0.6 is 0 Å². The lowest BCUT2D eigenvalue weighted by Crippen LogP contribution is -2.40. The summed E-state index contributed by atoms with van der Waals surface area (Å²) in [5.74, 6) is 0.711. The van der Waals surface area contributed by atoms with Gasteiger partial charge < -0.3 is 15.1 Å². The quantitative estimate of drug-likeness (QED) is 0.835. The van der Waals surface area contributed by atoms with Crippen molar-refractivity contribution in [2.45, 2.75) is 18.8 Å². The highest BCUT2D eigenvalue weighted by molar-refractivity contribution is 5.73. The van der Waals surface area contributed by atoms with Crippen molar-refractivity contribution in [2.24, 2.45) is 0 Å². The SMILES string of the molecule is CN(C)C(CNC(=O)NCc1cccc(C(F)(F)F)c1)c1ccco1. The lowest BCUT2D eigenvalue weighted by Gasteiger charge is -2.22. The van der Waals surface area contributed by atoms with E-state index in [-0.39, 0.29) is 12.6 Å². The minimum Gasteiger partial charge on any atom is -0.468 e. The summed E-state index contributed by atoms with van der Waals surface area (Å²) in [6.07, 6.45) is -2.85. The standard InChI is InChI=1S/C17H20F3N3O2/c1-23(2)14(15-7-4-8-25-15)11-22-16(24)21-10-12-5-3-6-13(9-12)17(18,19)20/h3-9,14H,10-11H2,1-2H3,(H2,21,22,24). The third-order valence-corrected chi connectivity index (χ3v) is 3.66. The lowest BCUT2D eigenvalue weighted by molar-refractivity contribution is -0.137. The summed E-state index contributed by atoms with van der Waals surface area (Å²) >= 11 is 0. The predicted octanol–water partition coefficient (Wildman–Crippen LogP) is 3.40. The van der Waals surface area contributed by atoms with Crippen molar-refractivity contribution >= 4 is 6.03 Å². The molecule has 1 aromatic carbocycles. The Kier molecular flexibility index (Phi) is 6.08. The molecule has 0 aliphatic rings. The number of rotatable bonds is 6. The van der Waals surface area contributed by atoms with Crippen LogP contribution < -0.4 is 10.6 Å². The number of carbonyl (C=O) groups is 1.